The molecule has 0 aromatic heterocycles. The van der Waals surface area contributed by atoms with Crippen LogP contribution < -0.4 is 19.8 Å². The normalized spacial score (nSPS) is 17.9. The molecule has 0 bridgehead atoms. The summed E-state index contributed by atoms with van der Waals surface area (Å²) in [5, 5.41) is 5.10. The van der Waals surface area contributed by atoms with Crippen molar-refractivity contribution >= 4 is 33.1 Å². The van der Waals surface area contributed by atoms with Crippen molar-refractivity contribution in [2.75, 3.05) is 54.1 Å². The highest BCUT2D eigenvalue weighted by atomic mass is 32.2. The molecule has 0 atom stereocenters. The van der Waals surface area contributed by atoms with Gasteiger partial charge in [-0.1, -0.05) is 0 Å². The Morgan fingerprint density at radius 2 is 1.52 bits per heavy atom. The molecule has 4 rings (SSSR count). The second-order valence-corrected chi connectivity index (χ2v) is 8.42. The third-order valence-corrected chi connectivity index (χ3v) is 6.01. The van der Waals surface area contributed by atoms with E-state index < -0.39 is 15.8 Å². The molecule has 0 radical (unpaired) electrons. The molecular formula is C19H21FN4O4S. The molecule has 2 amide bonds. The van der Waals surface area contributed by atoms with E-state index in [-0.39, 0.29) is 16.6 Å². The van der Waals surface area contributed by atoms with Gasteiger partial charge >= 0.3 is 6.03 Å². The summed E-state index contributed by atoms with van der Waals surface area (Å²) >= 11 is 0. The fourth-order valence-corrected chi connectivity index (χ4v) is 4.06. The average Bonchev–Trinajstić information content (AvgIpc) is 3.09. The van der Waals surface area contributed by atoms with Crippen LogP contribution in [-0.2, 0) is 14.8 Å². The number of sulfonamides is 1. The molecule has 2 aromatic rings. The van der Waals surface area contributed by atoms with Gasteiger partial charge in [0, 0.05) is 37.6 Å². The molecule has 2 aromatic carbocycles. The van der Waals surface area contributed by atoms with Crippen LogP contribution in [-0.4, -0.2) is 53.8 Å². The van der Waals surface area contributed by atoms with Crippen molar-refractivity contribution in [2.24, 2.45) is 5.14 Å². The van der Waals surface area contributed by atoms with Crippen molar-refractivity contribution in [1.82, 2.24) is 0 Å². The number of nitrogens with zero attached hydrogens (tertiary/aromatic N) is 3. The van der Waals surface area contributed by atoms with Gasteiger partial charge in [-0.15, -0.1) is 0 Å². The number of benzene rings is 2. The number of carbonyl (C=O) groups excluding carboxylic acids is 1. The lowest BCUT2D eigenvalue weighted by Crippen LogP contribution is -2.36. The maximum absolute atomic E-state index is 14.8. The van der Waals surface area contributed by atoms with E-state index in [4.69, 9.17) is 9.88 Å². The van der Waals surface area contributed by atoms with Crippen LogP contribution >= 0.6 is 0 Å². The first-order chi connectivity index (χ1) is 13.8. The monoisotopic (exact) mass is 420 g/mol. The minimum absolute atomic E-state index is 0.0329. The van der Waals surface area contributed by atoms with E-state index in [1.54, 1.807) is 12.1 Å². The Hall–Kier alpha value is -2.69. The molecule has 2 aliphatic heterocycles. The first-order valence-corrected chi connectivity index (χ1v) is 10.7. The first-order valence-electron chi connectivity index (χ1n) is 9.19. The minimum atomic E-state index is -3.80. The Labute approximate surface area is 168 Å². The number of ether oxygens (including phenoxy) is 1. The van der Waals surface area contributed by atoms with Crippen LogP contribution in [0.25, 0.3) is 0 Å². The lowest BCUT2D eigenvalue weighted by atomic mass is 10.2. The number of morpholine rings is 1. The van der Waals surface area contributed by atoms with E-state index in [1.807, 2.05) is 4.90 Å². The van der Waals surface area contributed by atoms with Gasteiger partial charge in [0.05, 0.1) is 23.8 Å². The Morgan fingerprint density at radius 3 is 2.14 bits per heavy atom. The maximum atomic E-state index is 14.8. The molecule has 2 fully saturated rings. The number of hydrogen-bond donors (Lipinski definition) is 1. The van der Waals surface area contributed by atoms with Crippen LogP contribution in [0.5, 0.6) is 0 Å². The van der Waals surface area contributed by atoms with E-state index in [0.717, 1.165) is 5.69 Å². The number of hydrogen-bond acceptors (Lipinski definition) is 5. The molecule has 8 nitrogen and oxygen atoms in total. The number of anilines is 3. The summed E-state index contributed by atoms with van der Waals surface area (Å²) in [6.07, 6.45) is 0. The molecule has 2 heterocycles. The summed E-state index contributed by atoms with van der Waals surface area (Å²) < 4.78 is 42.9. The van der Waals surface area contributed by atoms with Gasteiger partial charge in [-0.25, -0.2) is 22.7 Å². The van der Waals surface area contributed by atoms with Crippen molar-refractivity contribution in [3.8, 4) is 0 Å². The van der Waals surface area contributed by atoms with Crippen molar-refractivity contribution < 1.29 is 22.3 Å². The summed E-state index contributed by atoms with van der Waals surface area (Å²) in [4.78, 5) is 17.7. The van der Waals surface area contributed by atoms with E-state index in [1.165, 1.54) is 40.1 Å². The minimum Gasteiger partial charge on any atom is -0.378 e. The fraction of sp³-hybridized carbons (Fsp3) is 0.316. The maximum Gasteiger partial charge on any atom is 0.329 e. The van der Waals surface area contributed by atoms with E-state index in [0.29, 0.717) is 45.1 Å². The second-order valence-electron chi connectivity index (χ2n) is 6.86. The van der Waals surface area contributed by atoms with Crippen LogP contribution in [0.3, 0.4) is 0 Å². The Bertz CT molecular complexity index is 1020. The Kier molecular flexibility index (Phi) is 5.15. The topological polar surface area (TPSA) is 96.2 Å². The van der Waals surface area contributed by atoms with Crippen LogP contribution in [0.2, 0.25) is 0 Å². The predicted octanol–water partition coefficient (Wildman–Crippen LogP) is 1.76. The number of carbonyl (C=O) groups is 1. The molecule has 154 valence electrons. The Balaban J connectivity index is 1.53. The number of amides is 2. The van der Waals surface area contributed by atoms with Crippen molar-refractivity contribution in [3.05, 3.63) is 48.3 Å². The van der Waals surface area contributed by atoms with Crippen LogP contribution in [0, 0.1) is 5.82 Å². The Morgan fingerprint density at radius 1 is 0.897 bits per heavy atom. The standard InChI is InChI=1S/C19H21FN4O4S/c20-17-13-15(22-9-11-28-12-10-22)3-6-18(17)24-8-7-23(19(24)25)14-1-4-16(5-2-14)29(21,26)27/h1-6,13H,7-12H2,(H2,21,26,27). The van der Waals surface area contributed by atoms with E-state index >= 15 is 0 Å². The predicted molar refractivity (Wildman–Crippen MR) is 107 cm³/mol. The van der Waals surface area contributed by atoms with Crippen LogP contribution in [0.4, 0.5) is 26.2 Å². The molecule has 2 aliphatic rings. The summed E-state index contributed by atoms with van der Waals surface area (Å²) in [6, 6.07) is 10.2. The third-order valence-electron chi connectivity index (χ3n) is 5.08. The molecule has 2 saturated heterocycles. The van der Waals surface area contributed by atoms with Gasteiger partial charge in [0.15, 0.2) is 0 Å². The van der Waals surface area contributed by atoms with Crippen LogP contribution in [0.15, 0.2) is 47.4 Å². The van der Waals surface area contributed by atoms with Gasteiger partial charge in [-0.3, -0.25) is 9.80 Å². The van der Waals surface area contributed by atoms with E-state index in [9.17, 15) is 17.6 Å². The van der Waals surface area contributed by atoms with Crippen molar-refractivity contribution in [2.45, 2.75) is 4.90 Å². The smallest absolute Gasteiger partial charge is 0.329 e. The number of nitrogens with two attached hydrogens (primary N) is 1. The molecule has 0 saturated carbocycles. The third kappa shape index (κ3) is 3.91. The van der Waals surface area contributed by atoms with Gasteiger partial charge in [0.1, 0.15) is 5.82 Å². The van der Waals surface area contributed by atoms with Crippen LogP contribution in [0.1, 0.15) is 0 Å². The molecule has 0 aliphatic carbocycles. The number of halogens is 1. The largest absolute Gasteiger partial charge is 0.378 e. The summed E-state index contributed by atoms with van der Waals surface area (Å²) in [5.74, 6) is -0.464. The van der Waals surface area contributed by atoms with Gasteiger partial charge in [0.25, 0.3) is 0 Å². The van der Waals surface area contributed by atoms with Gasteiger partial charge in [-0.2, -0.15) is 0 Å². The number of urea groups is 1. The lowest BCUT2D eigenvalue weighted by molar-refractivity contribution is 0.122. The zero-order chi connectivity index (χ0) is 20.6. The summed E-state index contributed by atoms with van der Waals surface area (Å²) in [5.41, 5.74) is 1.50. The van der Waals surface area contributed by atoms with Gasteiger partial charge < -0.3 is 9.64 Å². The van der Waals surface area contributed by atoms with E-state index in [2.05, 4.69) is 0 Å². The lowest BCUT2D eigenvalue weighted by Gasteiger charge is -2.29. The second kappa shape index (κ2) is 7.62. The highest BCUT2D eigenvalue weighted by Crippen LogP contribution is 2.30. The molecular weight excluding hydrogens is 399 g/mol. The summed E-state index contributed by atoms with van der Waals surface area (Å²) in [7, 11) is -3.80. The molecule has 0 unspecified atom stereocenters. The van der Waals surface area contributed by atoms with Gasteiger partial charge in [-0.05, 0) is 42.5 Å². The first kappa shape index (κ1) is 19.6. The fourth-order valence-electron chi connectivity index (χ4n) is 3.55. The van der Waals surface area contributed by atoms with Crippen molar-refractivity contribution in [3.63, 3.8) is 0 Å². The SMILES string of the molecule is NS(=O)(=O)c1ccc(N2CCN(c3ccc(N4CCOCC4)cc3F)C2=O)cc1. The average molecular weight is 420 g/mol. The molecule has 10 heteroatoms. The zero-order valence-corrected chi connectivity index (χ0v) is 16.4. The summed E-state index contributed by atoms with van der Waals surface area (Å²) in [6.45, 7) is 3.29. The molecule has 29 heavy (non-hydrogen) atoms. The highest BCUT2D eigenvalue weighted by molar-refractivity contribution is 7.89. The quantitative estimate of drug-likeness (QED) is 0.813. The van der Waals surface area contributed by atoms with Gasteiger partial charge in [0.2, 0.25) is 10.0 Å². The molecule has 0 spiro atoms. The number of rotatable bonds is 4. The number of primary sulfonamides is 1. The van der Waals surface area contributed by atoms with Crippen molar-refractivity contribution in [1.29, 1.82) is 0 Å². The molecule has 2 N–H and O–H groups in total. The highest BCUT2D eigenvalue weighted by Gasteiger charge is 2.32. The zero-order valence-electron chi connectivity index (χ0n) is 15.6.